The molecule has 0 spiro atoms. The minimum Gasteiger partial charge on any atom is -0.342 e. The van der Waals surface area contributed by atoms with E-state index in [1.54, 1.807) is 0 Å². The van der Waals surface area contributed by atoms with E-state index in [9.17, 15) is 4.79 Å². The first-order valence-electron chi connectivity index (χ1n) is 5.47. The molecular weight excluding hydrogens is 226 g/mol. The molecule has 0 aromatic carbocycles. The van der Waals surface area contributed by atoms with E-state index in [0.29, 0.717) is 18.2 Å². The van der Waals surface area contributed by atoms with Crippen LogP contribution in [-0.4, -0.2) is 24.0 Å². The Labute approximate surface area is 97.6 Å². The van der Waals surface area contributed by atoms with Gasteiger partial charge in [0.05, 0.1) is 13.2 Å². The number of ether oxygens (including phenoxy) is 2. The zero-order valence-electron chi connectivity index (χ0n) is 9.06. The molecule has 16 heavy (non-hydrogen) atoms. The Kier molecular flexibility index (Phi) is 2.34. The molecule has 3 rings (SSSR count). The molecule has 5 heteroatoms. The van der Waals surface area contributed by atoms with Crippen molar-refractivity contribution in [1.82, 2.24) is 4.98 Å². The van der Waals surface area contributed by atoms with Gasteiger partial charge in [0, 0.05) is 11.3 Å². The molecule has 1 aromatic heterocycles. The topological polar surface area (TPSA) is 48.4 Å². The van der Waals surface area contributed by atoms with Crippen molar-refractivity contribution in [2.24, 2.45) is 5.92 Å². The molecule has 0 bridgehead atoms. The van der Waals surface area contributed by atoms with Gasteiger partial charge in [-0.15, -0.1) is 11.3 Å². The molecule has 2 aliphatic rings. The van der Waals surface area contributed by atoms with Gasteiger partial charge in [0.15, 0.2) is 10.8 Å². The lowest BCUT2D eigenvalue weighted by Gasteiger charge is -2.19. The van der Waals surface area contributed by atoms with E-state index in [-0.39, 0.29) is 11.7 Å². The van der Waals surface area contributed by atoms with Gasteiger partial charge >= 0.3 is 0 Å². The Morgan fingerprint density at radius 3 is 2.81 bits per heavy atom. The van der Waals surface area contributed by atoms with Gasteiger partial charge < -0.3 is 9.47 Å². The molecule has 0 radical (unpaired) electrons. The van der Waals surface area contributed by atoms with Crippen molar-refractivity contribution >= 4 is 17.1 Å². The van der Waals surface area contributed by atoms with Crippen molar-refractivity contribution in [3.8, 4) is 0 Å². The highest BCUT2D eigenvalue weighted by Crippen LogP contribution is 2.36. The van der Waals surface area contributed by atoms with E-state index in [4.69, 9.17) is 9.47 Å². The summed E-state index contributed by atoms with van der Waals surface area (Å²) in [5, 5.41) is 2.46. The maximum absolute atomic E-state index is 11.8. The molecule has 4 nitrogen and oxygen atoms in total. The van der Waals surface area contributed by atoms with Crippen molar-refractivity contribution in [3.05, 3.63) is 16.1 Å². The second-order valence-electron chi connectivity index (χ2n) is 4.32. The summed E-state index contributed by atoms with van der Waals surface area (Å²) in [6, 6.07) is 0. The first-order valence-corrected chi connectivity index (χ1v) is 6.35. The Morgan fingerprint density at radius 1 is 1.50 bits per heavy atom. The van der Waals surface area contributed by atoms with E-state index in [0.717, 1.165) is 18.5 Å². The zero-order valence-corrected chi connectivity index (χ0v) is 9.88. The molecule has 86 valence electrons. The van der Waals surface area contributed by atoms with Crippen LogP contribution in [-0.2, 0) is 15.3 Å². The Bertz CT molecular complexity index is 419. The second kappa shape index (κ2) is 3.61. The third-order valence-corrected chi connectivity index (χ3v) is 3.82. The lowest BCUT2D eigenvalue weighted by molar-refractivity contribution is -0.152. The summed E-state index contributed by atoms with van der Waals surface area (Å²) in [7, 11) is 0. The molecule has 1 aliphatic heterocycles. The van der Waals surface area contributed by atoms with Crippen LogP contribution in [0.4, 0.5) is 0 Å². The van der Waals surface area contributed by atoms with Crippen molar-refractivity contribution in [2.45, 2.75) is 25.6 Å². The highest BCUT2D eigenvalue weighted by atomic mass is 32.1. The molecule has 2 fully saturated rings. The number of nitrogens with zero attached hydrogens (tertiary/aromatic N) is 1. The number of Topliss-reactive ketones (excluding diaryl/α,β-unsaturated/α-hetero) is 1. The molecule has 0 unspecified atom stereocenters. The first kappa shape index (κ1) is 10.4. The fourth-order valence-corrected chi connectivity index (χ4v) is 2.70. The predicted molar refractivity (Wildman–Crippen MR) is 58.4 cm³/mol. The van der Waals surface area contributed by atoms with Crippen molar-refractivity contribution in [3.63, 3.8) is 0 Å². The number of hydrogen-bond donors (Lipinski definition) is 0. The second-order valence-corrected chi connectivity index (χ2v) is 5.18. The molecule has 1 saturated heterocycles. The van der Waals surface area contributed by atoms with Gasteiger partial charge in [0.25, 0.3) is 0 Å². The van der Waals surface area contributed by atoms with E-state index in [1.165, 1.54) is 11.3 Å². The van der Waals surface area contributed by atoms with Gasteiger partial charge in [-0.3, -0.25) is 4.79 Å². The van der Waals surface area contributed by atoms with Gasteiger partial charge in [-0.1, -0.05) is 0 Å². The van der Waals surface area contributed by atoms with Crippen LogP contribution in [0.2, 0.25) is 0 Å². The van der Waals surface area contributed by atoms with Gasteiger partial charge in [-0.2, -0.15) is 0 Å². The maximum atomic E-state index is 11.8. The smallest absolute Gasteiger partial charge is 0.210 e. The standard InChI is InChI=1S/C11H13NO3S/c1-11(14-4-5-15-11)8-6-16-10(12-8)9(13)7-2-3-7/h6-7H,2-5H2,1H3. The summed E-state index contributed by atoms with van der Waals surface area (Å²) in [5.41, 5.74) is 0.721. The summed E-state index contributed by atoms with van der Waals surface area (Å²) in [4.78, 5) is 16.1. The largest absolute Gasteiger partial charge is 0.342 e. The number of aromatic nitrogens is 1. The highest BCUT2D eigenvalue weighted by molar-refractivity contribution is 7.11. The third kappa shape index (κ3) is 1.69. The number of hydrogen-bond acceptors (Lipinski definition) is 5. The van der Waals surface area contributed by atoms with Crippen LogP contribution in [0.3, 0.4) is 0 Å². The van der Waals surface area contributed by atoms with Crippen molar-refractivity contribution < 1.29 is 14.3 Å². The van der Waals surface area contributed by atoms with E-state index in [1.807, 2.05) is 12.3 Å². The fourth-order valence-electron chi connectivity index (χ4n) is 1.78. The van der Waals surface area contributed by atoms with E-state index >= 15 is 0 Å². The molecule has 1 aliphatic carbocycles. The number of ketones is 1. The normalized spacial score (nSPS) is 23.6. The molecular formula is C11H13NO3S. The Balaban J connectivity index is 1.84. The Morgan fingerprint density at radius 2 is 2.19 bits per heavy atom. The first-order chi connectivity index (χ1) is 7.69. The van der Waals surface area contributed by atoms with Crippen molar-refractivity contribution in [2.75, 3.05) is 13.2 Å². The van der Waals surface area contributed by atoms with E-state index in [2.05, 4.69) is 4.98 Å². The fraction of sp³-hybridized carbons (Fsp3) is 0.636. The minimum absolute atomic E-state index is 0.179. The van der Waals surface area contributed by atoms with Crippen molar-refractivity contribution in [1.29, 1.82) is 0 Å². The average Bonchev–Trinajstić information content (AvgIpc) is 2.82. The van der Waals surface area contributed by atoms with Gasteiger partial charge in [0.2, 0.25) is 5.79 Å². The number of carbonyl (C=O) groups excluding carboxylic acids is 1. The third-order valence-electron chi connectivity index (χ3n) is 2.97. The Hall–Kier alpha value is -0.780. The molecule has 0 amide bonds. The van der Waals surface area contributed by atoms with Gasteiger partial charge in [-0.05, 0) is 19.8 Å². The predicted octanol–water partition coefficient (Wildman–Crippen LogP) is 1.96. The van der Waals surface area contributed by atoms with Crippen LogP contribution in [0.5, 0.6) is 0 Å². The quantitative estimate of drug-likeness (QED) is 0.756. The minimum atomic E-state index is -0.751. The zero-order chi connectivity index (χ0) is 11.2. The summed E-state index contributed by atoms with van der Waals surface area (Å²) in [6.07, 6.45) is 2.02. The van der Waals surface area contributed by atoms with Crippen LogP contribution in [0.25, 0.3) is 0 Å². The maximum Gasteiger partial charge on any atom is 0.210 e. The molecule has 1 saturated carbocycles. The summed E-state index contributed by atoms with van der Waals surface area (Å²) in [6.45, 7) is 3.01. The summed E-state index contributed by atoms with van der Waals surface area (Å²) < 4.78 is 11.0. The van der Waals surface area contributed by atoms with Gasteiger partial charge in [0.1, 0.15) is 5.69 Å². The molecule has 2 heterocycles. The number of carbonyl (C=O) groups is 1. The van der Waals surface area contributed by atoms with Crippen LogP contribution in [0, 0.1) is 5.92 Å². The number of thiazole rings is 1. The summed E-state index contributed by atoms with van der Waals surface area (Å²) >= 11 is 1.39. The number of rotatable bonds is 3. The highest BCUT2D eigenvalue weighted by Gasteiger charge is 2.38. The summed E-state index contributed by atoms with van der Waals surface area (Å²) in [5.74, 6) is -0.353. The lowest BCUT2D eigenvalue weighted by atomic mass is 10.2. The average molecular weight is 239 g/mol. The lowest BCUT2D eigenvalue weighted by Crippen LogP contribution is -2.23. The van der Waals surface area contributed by atoms with Crippen LogP contribution >= 0.6 is 11.3 Å². The SMILES string of the molecule is CC1(c2csc(C(=O)C3CC3)n2)OCCO1. The molecule has 0 atom stereocenters. The van der Waals surface area contributed by atoms with Gasteiger partial charge in [-0.25, -0.2) is 4.98 Å². The van der Waals surface area contributed by atoms with E-state index < -0.39 is 5.79 Å². The molecule has 1 aromatic rings. The monoisotopic (exact) mass is 239 g/mol. The van der Waals surface area contributed by atoms with Crippen LogP contribution < -0.4 is 0 Å². The van der Waals surface area contributed by atoms with Crippen LogP contribution in [0.1, 0.15) is 35.3 Å². The van der Waals surface area contributed by atoms with Crippen LogP contribution in [0.15, 0.2) is 5.38 Å². The molecule has 0 N–H and O–H groups in total.